The Kier molecular flexibility index (Phi) is 5.25. The van der Waals surface area contributed by atoms with E-state index in [4.69, 9.17) is 0 Å². The Labute approximate surface area is 160 Å². The lowest BCUT2D eigenvalue weighted by Crippen LogP contribution is -3.14. The average molecular weight is 370 g/mol. The van der Waals surface area contributed by atoms with Gasteiger partial charge in [0.15, 0.2) is 6.67 Å². The number of fused-ring (bicyclic) bond motifs is 1. The summed E-state index contributed by atoms with van der Waals surface area (Å²) in [5, 5.41) is 0. The van der Waals surface area contributed by atoms with E-state index in [1.807, 2.05) is 12.1 Å². The number of carbonyl (C=O) groups excluding carboxylic acids is 3. The van der Waals surface area contributed by atoms with E-state index >= 15 is 0 Å². The first-order valence-electron chi connectivity index (χ1n) is 10.2. The van der Waals surface area contributed by atoms with Crippen molar-refractivity contribution in [2.45, 2.75) is 38.5 Å². The van der Waals surface area contributed by atoms with E-state index in [2.05, 4.69) is 4.90 Å². The number of amides is 2. The average Bonchev–Trinajstić information content (AvgIpc) is 2.91. The SMILES string of the molecule is O=C1C(=O)N(C[NH+]2CCC(C(=O)N3CCCCCC3)CC2)c2ccccc21. The van der Waals surface area contributed by atoms with Crippen LogP contribution in [-0.4, -0.2) is 55.3 Å². The van der Waals surface area contributed by atoms with Gasteiger partial charge in [0, 0.05) is 31.8 Å². The van der Waals surface area contributed by atoms with E-state index in [0.717, 1.165) is 57.5 Å². The van der Waals surface area contributed by atoms with Crippen molar-refractivity contribution in [2.75, 3.05) is 37.7 Å². The van der Waals surface area contributed by atoms with Gasteiger partial charge in [0.1, 0.15) is 0 Å². The summed E-state index contributed by atoms with van der Waals surface area (Å²) < 4.78 is 0. The standard InChI is InChI=1S/C21H27N3O3/c25-19-17-7-3-4-8-18(17)24(21(19)27)15-22-13-9-16(10-14-22)20(26)23-11-5-1-2-6-12-23/h3-4,7-8,16H,1-2,5-6,9-15H2/p+1. The van der Waals surface area contributed by atoms with Crippen LogP contribution in [0.1, 0.15) is 48.9 Å². The zero-order valence-corrected chi connectivity index (χ0v) is 15.8. The van der Waals surface area contributed by atoms with Gasteiger partial charge in [0.25, 0.3) is 5.78 Å². The first-order valence-corrected chi connectivity index (χ1v) is 10.2. The topological polar surface area (TPSA) is 62.1 Å². The summed E-state index contributed by atoms with van der Waals surface area (Å²) in [7, 11) is 0. The Morgan fingerprint density at radius 3 is 2.37 bits per heavy atom. The summed E-state index contributed by atoms with van der Waals surface area (Å²) in [5.74, 6) is -0.383. The third kappa shape index (κ3) is 3.63. The first-order chi connectivity index (χ1) is 13.1. The molecule has 27 heavy (non-hydrogen) atoms. The molecular formula is C21H28N3O3+. The van der Waals surface area contributed by atoms with Crippen molar-refractivity contribution in [3.05, 3.63) is 29.8 Å². The highest BCUT2D eigenvalue weighted by Crippen LogP contribution is 2.27. The molecule has 0 atom stereocenters. The van der Waals surface area contributed by atoms with Crippen molar-refractivity contribution in [2.24, 2.45) is 5.92 Å². The number of benzene rings is 1. The van der Waals surface area contributed by atoms with Crippen molar-refractivity contribution in [3.8, 4) is 0 Å². The predicted molar refractivity (Wildman–Crippen MR) is 102 cm³/mol. The minimum Gasteiger partial charge on any atom is -0.342 e. The number of quaternary nitrogens is 1. The smallest absolute Gasteiger partial charge is 0.303 e. The van der Waals surface area contributed by atoms with E-state index in [1.165, 1.54) is 17.7 Å². The zero-order chi connectivity index (χ0) is 18.8. The minimum absolute atomic E-state index is 0.120. The summed E-state index contributed by atoms with van der Waals surface area (Å²) in [4.78, 5) is 42.3. The van der Waals surface area contributed by atoms with Gasteiger partial charge in [0.05, 0.1) is 24.3 Å². The first kappa shape index (κ1) is 18.2. The minimum atomic E-state index is -0.425. The summed E-state index contributed by atoms with van der Waals surface area (Å²) in [6.07, 6.45) is 6.44. The summed E-state index contributed by atoms with van der Waals surface area (Å²) in [6, 6.07) is 7.21. The fraction of sp³-hybridized carbons (Fsp3) is 0.571. The molecule has 6 heteroatoms. The van der Waals surface area contributed by atoms with Crippen molar-refractivity contribution in [1.29, 1.82) is 0 Å². The molecule has 0 saturated carbocycles. The Bertz CT molecular complexity index is 732. The lowest BCUT2D eigenvalue weighted by molar-refractivity contribution is -0.904. The number of carbonyl (C=O) groups is 3. The van der Waals surface area contributed by atoms with E-state index in [1.54, 1.807) is 17.0 Å². The largest absolute Gasteiger partial charge is 0.342 e. The third-order valence-corrected chi connectivity index (χ3v) is 6.22. The maximum Gasteiger partial charge on any atom is 0.303 e. The Morgan fingerprint density at radius 2 is 1.67 bits per heavy atom. The molecule has 2 fully saturated rings. The summed E-state index contributed by atoms with van der Waals surface area (Å²) in [6.45, 7) is 4.06. The van der Waals surface area contributed by atoms with Gasteiger partial charge in [-0.1, -0.05) is 25.0 Å². The van der Waals surface area contributed by atoms with Crippen LogP contribution in [0.4, 0.5) is 5.69 Å². The Balaban J connectivity index is 1.34. The predicted octanol–water partition coefficient (Wildman–Crippen LogP) is 0.871. The highest BCUT2D eigenvalue weighted by molar-refractivity contribution is 6.52. The molecule has 1 N–H and O–H groups in total. The quantitative estimate of drug-likeness (QED) is 0.803. The van der Waals surface area contributed by atoms with Crippen molar-refractivity contribution >= 4 is 23.3 Å². The second-order valence-electron chi connectivity index (χ2n) is 8.00. The number of nitrogens with one attached hydrogen (secondary N) is 1. The number of Topliss-reactive ketones (excluding diaryl/α,β-unsaturated/α-hetero) is 1. The van der Waals surface area contributed by atoms with Gasteiger partial charge in [-0.3, -0.25) is 19.3 Å². The molecule has 4 rings (SSSR count). The molecule has 3 heterocycles. The maximum atomic E-state index is 12.8. The van der Waals surface area contributed by atoms with Gasteiger partial charge in [-0.25, -0.2) is 0 Å². The van der Waals surface area contributed by atoms with Gasteiger partial charge < -0.3 is 9.80 Å². The van der Waals surface area contributed by atoms with E-state index in [0.29, 0.717) is 18.1 Å². The van der Waals surface area contributed by atoms with Gasteiger partial charge in [-0.05, 0) is 25.0 Å². The van der Waals surface area contributed by atoms with Gasteiger partial charge in [-0.15, -0.1) is 0 Å². The molecule has 3 aliphatic rings. The number of likely N-dealkylation sites (tertiary alicyclic amines) is 2. The molecule has 0 bridgehead atoms. The van der Waals surface area contributed by atoms with Crippen LogP contribution >= 0.6 is 0 Å². The number of hydrogen-bond acceptors (Lipinski definition) is 3. The molecule has 0 aromatic heterocycles. The second-order valence-corrected chi connectivity index (χ2v) is 8.00. The van der Waals surface area contributed by atoms with Crippen LogP contribution < -0.4 is 9.80 Å². The van der Waals surface area contributed by atoms with Crippen molar-refractivity contribution in [1.82, 2.24) is 4.90 Å². The monoisotopic (exact) mass is 370 g/mol. The van der Waals surface area contributed by atoms with Crippen molar-refractivity contribution < 1.29 is 19.3 Å². The van der Waals surface area contributed by atoms with Crippen LogP contribution in [0.2, 0.25) is 0 Å². The lowest BCUT2D eigenvalue weighted by atomic mass is 9.95. The van der Waals surface area contributed by atoms with Crippen LogP contribution in [-0.2, 0) is 9.59 Å². The number of para-hydroxylation sites is 1. The van der Waals surface area contributed by atoms with Gasteiger partial charge in [-0.2, -0.15) is 0 Å². The molecule has 0 radical (unpaired) electrons. The van der Waals surface area contributed by atoms with Gasteiger partial charge in [0.2, 0.25) is 5.91 Å². The van der Waals surface area contributed by atoms with Crippen molar-refractivity contribution in [3.63, 3.8) is 0 Å². The fourth-order valence-electron chi connectivity index (χ4n) is 4.61. The molecule has 1 aromatic rings. The Morgan fingerprint density at radius 1 is 1.00 bits per heavy atom. The zero-order valence-electron chi connectivity index (χ0n) is 15.8. The Hall–Kier alpha value is -2.21. The number of nitrogens with zero attached hydrogens (tertiary/aromatic N) is 2. The van der Waals surface area contributed by atoms with Crippen LogP contribution in [0.3, 0.4) is 0 Å². The molecule has 3 aliphatic heterocycles. The van der Waals surface area contributed by atoms with E-state index < -0.39 is 11.7 Å². The second kappa shape index (κ2) is 7.80. The number of ketones is 1. The molecule has 6 nitrogen and oxygen atoms in total. The molecule has 0 unspecified atom stereocenters. The maximum absolute atomic E-state index is 12.8. The summed E-state index contributed by atoms with van der Waals surface area (Å²) in [5.41, 5.74) is 1.23. The molecule has 1 aromatic carbocycles. The highest BCUT2D eigenvalue weighted by atomic mass is 16.2. The molecule has 2 saturated heterocycles. The molecular weight excluding hydrogens is 342 g/mol. The molecule has 0 aliphatic carbocycles. The normalized spacial score (nSPS) is 26.1. The highest BCUT2D eigenvalue weighted by Gasteiger charge is 2.39. The fourth-order valence-corrected chi connectivity index (χ4v) is 4.61. The van der Waals surface area contributed by atoms with Crippen LogP contribution in [0.5, 0.6) is 0 Å². The molecule has 0 spiro atoms. The number of rotatable bonds is 3. The molecule has 2 amide bonds. The van der Waals surface area contributed by atoms with Crippen LogP contribution in [0.25, 0.3) is 0 Å². The number of anilines is 1. The van der Waals surface area contributed by atoms with Crippen LogP contribution in [0.15, 0.2) is 24.3 Å². The van der Waals surface area contributed by atoms with E-state index in [-0.39, 0.29) is 5.92 Å². The van der Waals surface area contributed by atoms with E-state index in [9.17, 15) is 14.4 Å². The third-order valence-electron chi connectivity index (χ3n) is 6.22. The molecule has 144 valence electrons. The number of piperidine rings is 1. The summed E-state index contributed by atoms with van der Waals surface area (Å²) >= 11 is 0. The van der Waals surface area contributed by atoms with Gasteiger partial charge >= 0.3 is 5.91 Å². The van der Waals surface area contributed by atoms with Crippen LogP contribution in [0, 0.1) is 5.92 Å². The lowest BCUT2D eigenvalue weighted by Gasteiger charge is -2.33. The number of hydrogen-bond donors (Lipinski definition) is 1.